The Morgan fingerprint density at radius 2 is 1.57 bits per heavy atom. The molecule has 1 heterocycles. The molecule has 3 rings (SSSR count). The van der Waals surface area contributed by atoms with Crippen LogP contribution in [0.1, 0.15) is 38.4 Å². The van der Waals surface area contributed by atoms with E-state index in [-0.39, 0.29) is 29.6 Å². The minimum Gasteiger partial charge on any atom is -0.477 e. The van der Waals surface area contributed by atoms with Gasteiger partial charge in [-0.1, -0.05) is 18.2 Å². The Bertz CT molecular complexity index is 1150. The number of carboxylic acids is 1. The highest BCUT2D eigenvalue weighted by Crippen LogP contribution is 2.36. The Balaban J connectivity index is 0.000000247. The number of aromatic carboxylic acids is 1. The molecule has 35 heavy (non-hydrogen) atoms. The molecule has 0 fully saturated rings. The van der Waals surface area contributed by atoms with Crippen molar-refractivity contribution < 1.29 is 41.0 Å². The zero-order valence-electron chi connectivity index (χ0n) is 18.8. The molecule has 0 saturated heterocycles. The third-order valence-corrected chi connectivity index (χ3v) is 4.43. The van der Waals surface area contributed by atoms with E-state index in [4.69, 9.17) is 9.84 Å². The highest BCUT2D eigenvalue weighted by Gasteiger charge is 2.36. The van der Waals surface area contributed by atoms with Crippen molar-refractivity contribution in [3.8, 4) is 11.6 Å². The van der Waals surface area contributed by atoms with Crippen LogP contribution in [0.4, 0.5) is 26.3 Å². The molecule has 0 radical (unpaired) electrons. The molecule has 188 valence electrons. The lowest BCUT2D eigenvalue weighted by molar-refractivity contribution is -0.143. The summed E-state index contributed by atoms with van der Waals surface area (Å²) in [6, 6.07) is 8.85. The molecule has 1 aromatic heterocycles. The summed E-state index contributed by atoms with van der Waals surface area (Å²) < 4.78 is 79.9. The largest absolute Gasteiger partial charge is 0.477 e. The number of hydrogen-bond donors (Lipinski definition) is 2. The third kappa shape index (κ3) is 7.95. The number of aromatic nitrogens is 2. The summed E-state index contributed by atoms with van der Waals surface area (Å²) in [5, 5.41) is 11.6. The van der Waals surface area contributed by atoms with Crippen molar-refractivity contribution in [1.82, 2.24) is 15.3 Å². The molecule has 0 atom stereocenters. The van der Waals surface area contributed by atoms with Gasteiger partial charge in [0, 0.05) is 12.7 Å². The summed E-state index contributed by atoms with van der Waals surface area (Å²) in [7, 11) is 1.44. The van der Waals surface area contributed by atoms with Crippen LogP contribution in [0.25, 0.3) is 0 Å². The van der Waals surface area contributed by atoms with Gasteiger partial charge in [0.15, 0.2) is 0 Å². The Morgan fingerprint density at radius 3 is 2.06 bits per heavy atom. The van der Waals surface area contributed by atoms with E-state index < -0.39 is 29.4 Å². The SMILES string of the molecule is CNCc1cc(C(F)(F)F)cc(C(F)(F)F)c1.Cc1ncc(C(=O)O)c(Oc2ccccc2C)n1. The van der Waals surface area contributed by atoms with E-state index in [9.17, 15) is 31.1 Å². The first-order chi connectivity index (χ1) is 16.2. The van der Waals surface area contributed by atoms with Gasteiger partial charge in [-0.15, -0.1) is 0 Å². The molecular weight excluding hydrogens is 480 g/mol. The average Bonchev–Trinajstić information content (AvgIpc) is 2.74. The molecule has 0 aliphatic rings. The van der Waals surface area contributed by atoms with Crippen LogP contribution in [-0.2, 0) is 18.9 Å². The standard InChI is InChI=1S/C13H12N2O3.C10H9F6N/c1-8-5-3-4-6-11(8)18-12-10(13(16)17)7-14-9(2)15-12;1-17-5-6-2-7(9(11,12)13)4-8(3-6)10(14,15)16/h3-7H,1-2H3,(H,16,17);2-4,17H,5H2,1H3. The number of ether oxygens (including phenoxy) is 1. The molecule has 0 bridgehead atoms. The number of aryl methyl sites for hydroxylation is 2. The first kappa shape index (κ1) is 27.6. The van der Waals surface area contributed by atoms with Crippen LogP contribution >= 0.6 is 0 Å². The monoisotopic (exact) mass is 501 g/mol. The fraction of sp³-hybridized carbons (Fsp3) is 0.261. The van der Waals surface area contributed by atoms with Gasteiger partial charge in [-0.05, 0) is 56.3 Å². The average molecular weight is 501 g/mol. The Hall–Kier alpha value is -3.67. The van der Waals surface area contributed by atoms with E-state index in [1.165, 1.54) is 13.2 Å². The summed E-state index contributed by atoms with van der Waals surface area (Å²) in [6.45, 7) is 3.49. The van der Waals surface area contributed by atoms with Gasteiger partial charge < -0.3 is 15.2 Å². The van der Waals surface area contributed by atoms with Gasteiger partial charge in [-0.2, -0.15) is 31.3 Å². The summed E-state index contributed by atoms with van der Waals surface area (Å²) in [4.78, 5) is 18.9. The van der Waals surface area contributed by atoms with Crippen molar-refractivity contribution in [1.29, 1.82) is 0 Å². The summed E-state index contributed by atoms with van der Waals surface area (Å²) >= 11 is 0. The van der Waals surface area contributed by atoms with Crippen molar-refractivity contribution in [3.63, 3.8) is 0 Å². The summed E-state index contributed by atoms with van der Waals surface area (Å²) in [5.74, 6) is -0.00966. The molecule has 2 N–H and O–H groups in total. The minimum absolute atomic E-state index is 0.0520. The number of carbonyl (C=O) groups is 1. The topological polar surface area (TPSA) is 84.3 Å². The molecule has 0 unspecified atom stereocenters. The number of benzene rings is 2. The van der Waals surface area contributed by atoms with E-state index in [2.05, 4.69) is 15.3 Å². The van der Waals surface area contributed by atoms with Crippen molar-refractivity contribution in [2.45, 2.75) is 32.7 Å². The molecule has 2 aromatic carbocycles. The number of alkyl halides is 6. The van der Waals surface area contributed by atoms with Crippen LogP contribution in [0.15, 0.2) is 48.7 Å². The van der Waals surface area contributed by atoms with Crippen LogP contribution in [0.3, 0.4) is 0 Å². The maximum atomic E-state index is 12.4. The van der Waals surface area contributed by atoms with Crippen LogP contribution in [0, 0.1) is 13.8 Å². The lowest BCUT2D eigenvalue weighted by Crippen LogP contribution is -2.14. The molecule has 0 saturated carbocycles. The number of para-hydroxylation sites is 1. The van der Waals surface area contributed by atoms with Gasteiger partial charge in [0.1, 0.15) is 17.1 Å². The van der Waals surface area contributed by atoms with Gasteiger partial charge in [0.05, 0.1) is 11.1 Å². The van der Waals surface area contributed by atoms with Gasteiger partial charge in [0.2, 0.25) is 5.88 Å². The number of halogens is 6. The summed E-state index contributed by atoms with van der Waals surface area (Å²) in [6.07, 6.45) is -8.33. The quantitative estimate of drug-likeness (QED) is 0.416. The van der Waals surface area contributed by atoms with Gasteiger partial charge in [0.25, 0.3) is 0 Å². The second kappa shape index (κ2) is 11.2. The Kier molecular flexibility index (Phi) is 8.80. The number of nitrogens with zero attached hydrogens (tertiary/aromatic N) is 2. The first-order valence-electron chi connectivity index (χ1n) is 9.95. The molecule has 0 aliphatic heterocycles. The second-order valence-corrected chi connectivity index (χ2v) is 7.25. The lowest BCUT2D eigenvalue weighted by Gasteiger charge is -2.13. The van der Waals surface area contributed by atoms with Crippen molar-refractivity contribution in [2.24, 2.45) is 0 Å². The third-order valence-electron chi connectivity index (χ3n) is 4.43. The molecule has 3 aromatic rings. The van der Waals surface area contributed by atoms with Crippen molar-refractivity contribution in [3.05, 3.63) is 82.3 Å². The zero-order valence-corrected chi connectivity index (χ0v) is 18.8. The fourth-order valence-electron chi connectivity index (χ4n) is 2.77. The smallest absolute Gasteiger partial charge is 0.416 e. The van der Waals surface area contributed by atoms with Gasteiger partial charge in [-0.25, -0.2) is 9.78 Å². The highest BCUT2D eigenvalue weighted by molar-refractivity contribution is 5.89. The van der Waals surface area contributed by atoms with Crippen molar-refractivity contribution >= 4 is 5.97 Å². The number of nitrogens with one attached hydrogen (secondary N) is 1. The van der Waals surface area contributed by atoms with E-state index >= 15 is 0 Å². The van der Waals surface area contributed by atoms with Crippen molar-refractivity contribution in [2.75, 3.05) is 7.05 Å². The lowest BCUT2D eigenvalue weighted by atomic mass is 10.0. The fourth-order valence-corrected chi connectivity index (χ4v) is 2.77. The maximum absolute atomic E-state index is 12.4. The van der Waals surface area contributed by atoms with Gasteiger partial charge in [-0.3, -0.25) is 0 Å². The predicted molar refractivity (Wildman–Crippen MR) is 114 cm³/mol. The van der Waals surface area contributed by atoms with Crippen LogP contribution in [0.5, 0.6) is 11.6 Å². The Morgan fingerprint density at radius 1 is 1.00 bits per heavy atom. The van der Waals surface area contributed by atoms with E-state index in [1.54, 1.807) is 13.0 Å². The van der Waals surface area contributed by atoms with Crippen LogP contribution in [-0.4, -0.2) is 28.1 Å². The molecular formula is C23H21F6N3O3. The van der Waals surface area contributed by atoms with Gasteiger partial charge >= 0.3 is 18.3 Å². The molecule has 0 amide bonds. The Labute approximate surface area is 196 Å². The normalized spacial score (nSPS) is 11.5. The number of hydrogen-bond acceptors (Lipinski definition) is 5. The van der Waals surface area contributed by atoms with Crippen LogP contribution < -0.4 is 10.1 Å². The summed E-state index contributed by atoms with van der Waals surface area (Å²) in [5.41, 5.74) is -1.79. The highest BCUT2D eigenvalue weighted by atomic mass is 19.4. The predicted octanol–water partition coefficient (Wildman–Crippen LogP) is 6.03. The second-order valence-electron chi connectivity index (χ2n) is 7.25. The molecule has 12 heteroatoms. The van der Waals surface area contributed by atoms with E-state index in [1.807, 2.05) is 25.1 Å². The molecule has 0 aliphatic carbocycles. The van der Waals surface area contributed by atoms with E-state index in [0.717, 1.165) is 5.56 Å². The minimum atomic E-state index is -4.79. The zero-order chi connectivity index (χ0) is 26.4. The maximum Gasteiger partial charge on any atom is 0.416 e. The van der Waals surface area contributed by atoms with E-state index in [0.29, 0.717) is 23.7 Å². The first-order valence-corrected chi connectivity index (χ1v) is 9.95. The molecule has 0 spiro atoms. The molecule has 6 nitrogen and oxygen atoms in total. The number of rotatable bonds is 5. The van der Waals surface area contributed by atoms with Crippen LogP contribution in [0.2, 0.25) is 0 Å². The number of carboxylic acid groups (broad SMARTS) is 1.